The first-order valence-electron chi connectivity index (χ1n) is 12.7. The molecule has 3 aromatic rings. The van der Waals surface area contributed by atoms with Gasteiger partial charge in [-0.3, -0.25) is 9.88 Å². The van der Waals surface area contributed by atoms with E-state index in [2.05, 4.69) is 40.2 Å². The van der Waals surface area contributed by atoms with Gasteiger partial charge >= 0.3 is 5.97 Å². The summed E-state index contributed by atoms with van der Waals surface area (Å²) in [7, 11) is 0. The van der Waals surface area contributed by atoms with Gasteiger partial charge in [-0.2, -0.15) is 0 Å². The second kappa shape index (κ2) is 8.90. The fraction of sp³-hybridized carbons (Fsp3) is 0.429. The van der Waals surface area contributed by atoms with E-state index in [-0.39, 0.29) is 12.1 Å². The second-order valence-corrected chi connectivity index (χ2v) is 10.4. The predicted octanol–water partition coefficient (Wildman–Crippen LogP) is 3.56. The maximum atomic E-state index is 12.2. The van der Waals surface area contributed by atoms with Crippen LogP contribution in [-0.4, -0.2) is 56.8 Å². The summed E-state index contributed by atoms with van der Waals surface area (Å²) in [4.78, 5) is 22.6. The normalized spacial score (nSPS) is 18.6. The van der Waals surface area contributed by atoms with Gasteiger partial charge in [0.2, 0.25) is 0 Å². The zero-order valence-corrected chi connectivity index (χ0v) is 19.8. The Kier molecular flexibility index (Phi) is 5.71. The summed E-state index contributed by atoms with van der Waals surface area (Å²) >= 11 is 0. The van der Waals surface area contributed by atoms with Crippen molar-refractivity contribution < 1.29 is 15.0 Å². The summed E-state index contributed by atoms with van der Waals surface area (Å²) < 4.78 is 0. The molecule has 7 nitrogen and oxygen atoms in total. The molecular formula is C28H32N4O3. The number of aromatic amines is 1. The van der Waals surface area contributed by atoms with Gasteiger partial charge in [-0.15, -0.1) is 0 Å². The fourth-order valence-electron chi connectivity index (χ4n) is 5.63. The Labute approximate surface area is 205 Å². The number of aliphatic hydroxyl groups excluding tert-OH is 1. The molecule has 35 heavy (non-hydrogen) atoms. The molecule has 2 aliphatic carbocycles. The molecule has 1 saturated carbocycles. The molecule has 182 valence electrons. The summed E-state index contributed by atoms with van der Waals surface area (Å²) in [6.45, 7) is 2.62. The minimum absolute atomic E-state index is 0.141. The third-order valence-corrected chi connectivity index (χ3v) is 7.84. The van der Waals surface area contributed by atoms with Gasteiger partial charge < -0.3 is 20.9 Å². The van der Waals surface area contributed by atoms with Crippen LogP contribution in [-0.2, 0) is 19.3 Å². The van der Waals surface area contributed by atoms with Crippen LogP contribution in [0, 0.1) is 5.92 Å². The van der Waals surface area contributed by atoms with Crippen LogP contribution in [0.1, 0.15) is 58.0 Å². The number of nitrogens with zero attached hydrogens (tertiary/aromatic N) is 2. The number of aromatic carboxylic acids is 1. The van der Waals surface area contributed by atoms with Gasteiger partial charge in [0, 0.05) is 42.1 Å². The van der Waals surface area contributed by atoms with E-state index in [4.69, 9.17) is 10.7 Å². The summed E-state index contributed by atoms with van der Waals surface area (Å²) in [5, 5.41) is 19.4. The number of hydrogen-bond donors (Lipinski definition) is 4. The number of rotatable bonds is 8. The van der Waals surface area contributed by atoms with Crippen LogP contribution < -0.4 is 5.73 Å². The van der Waals surface area contributed by atoms with Gasteiger partial charge in [-0.05, 0) is 73.7 Å². The average molecular weight is 473 g/mol. The molecule has 2 fully saturated rings. The molecule has 3 heterocycles. The molecule has 5 N–H and O–H groups in total. The Morgan fingerprint density at radius 3 is 2.66 bits per heavy atom. The SMILES string of the molecule is NC(c1[nH]c2c(c1C(=O)O)CCc1cnc(-c3ccc(CCCN4CC(O)C4)cc3)cc1-2)C1CC1. The summed E-state index contributed by atoms with van der Waals surface area (Å²) in [5.74, 6) is -0.524. The number of β-amino-alcohol motifs (C(OH)–C–C–N with tert-alkyl or cyclic N) is 1. The summed E-state index contributed by atoms with van der Waals surface area (Å²) in [6.07, 6.45) is 7.47. The standard InChI is InChI=1S/C28H32N4O3/c29-25(18-7-8-18)27-24(28(34)35)21-10-9-19-13-30-23(12-22(19)26(21)31-27)17-5-3-16(4-6-17)2-1-11-32-14-20(33)15-32/h3-6,12-13,18,20,25,31,33H,1-2,7-11,14-15,29H2,(H,34,35). The maximum Gasteiger partial charge on any atom is 0.337 e. The number of aryl methyl sites for hydroxylation is 2. The van der Waals surface area contributed by atoms with Gasteiger partial charge in [-0.1, -0.05) is 24.3 Å². The summed E-state index contributed by atoms with van der Waals surface area (Å²) in [6, 6.07) is 10.4. The number of pyridine rings is 1. The van der Waals surface area contributed by atoms with Crippen molar-refractivity contribution >= 4 is 5.97 Å². The van der Waals surface area contributed by atoms with Crippen molar-refractivity contribution in [1.82, 2.24) is 14.9 Å². The Hall–Kier alpha value is -3.00. The Bertz CT molecular complexity index is 1260. The van der Waals surface area contributed by atoms with Crippen LogP contribution in [0.4, 0.5) is 0 Å². The molecule has 1 aliphatic heterocycles. The molecule has 1 aromatic carbocycles. The second-order valence-electron chi connectivity index (χ2n) is 10.4. The lowest BCUT2D eigenvalue weighted by molar-refractivity contribution is 0.00187. The van der Waals surface area contributed by atoms with E-state index < -0.39 is 5.97 Å². The number of H-pyrrole nitrogens is 1. The number of benzene rings is 1. The number of nitrogens with two attached hydrogens (primary N) is 1. The summed E-state index contributed by atoms with van der Waals surface area (Å²) in [5.41, 5.74) is 14.7. The molecule has 1 atom stereocenters. The average Bonchev–Trinajstić information content (AvgIpc) is 3.61. The number of aromatic nitrogens is 2. The maximum absolute atomic E-state index is 12.2. The number of hydrogen-bond acceptors (Lipinski definition) is 5. The number of fused-ring (bicyclic) bond motifs is 3. The molecule has 1 saturated heterocycles. The van der Waals surface area contributed by atoms with Gasteiger partial charge in [0.1, 0.15) is 0 Å². The van der Waals surface area contributed by atoms with Crippen molar-refractivity contribution in [1.29, 1.82) is 0 Å². The third kappa shape index (κ3) is 4.29. The first kappa shape index (κ1) is 22.5. The fourth-order valence-corrected chi connectivity index (χ4v) is 5.63. The molecule has 2 aromatic heterocycles. The number of carboxylic acid groups (broad SMARTS) is 1. The lowest BCUT2D eigenvalue weighted by Gasteiger charge is -2.35. The number of carbonyl (C=O) groups is 1. The van der Waals surface area contributed by atoms with Crippen molar-refractivity contribution in [3.05, 3.63) is 64.5 Å². The third-order valence-electron chi connectivity index (χ3n) is 7.84. The zero-order valence-electron chi connectivity index (χ0n) is 19.8. The molecule has 0 spiro atoms. The Morgan fingerprint density at radius 2 is 1.97 bits per heavy atom. The Balaban J connectivity index is 1.24. The van der Waals surface area contributed by atoms with Gasteiger partial charge in [0.15, 0.2) is 0 Å². The van der Waals surface area contributed by atoms with E-state index >= 15 is 0 Å². The monoisotopic (exact) mass is 472 g/mol. The zero-order chi connectivity index (χ0) is 24.1. The number of aliphatic hydroxyl groups is 1. The topological polar surface area (TPSA) is 115 Å². The van der Waals surface area contributed by atoms with Crippen molar-refractivity contribution in [3.63, 3.8) is 0 Å². The van der Waals surface area contributed by atoms with Gasteiger partial charge in [-0.25, -0.2) is 4.79 Å². The molecular weight excluding hydrogens is 440 g/mol. The van der Waals surface area contributed by atoms with Crippen molar-refractivity contribution in [2.24, 2.45) is 11.7 Å². The number of likely N-dealkylation sites (tertiary alicyclic amines) is 1. The van der Waals surface area contributed by atoms with Crippen molar-refractivity contribution in [2.75, 3.05) is 19.6 Å². The van der Waals surface area contributed by atoms with Crippen LogP contribution in [0.15, 0.2) is 36.5 Å². The van der Waals surface area contributed by atoms with Crippen LogP contribution in [0.3, 0.4) is 0 Å². The van der Waals surface area contributed by atoms with Crippen molar-refractivity contribution in [3.8, 4) is 22.5 Å². The van der Waals surface area contributed by atoms with Crippen LogP contribution in [0.5, 0.6) is 0 Å². The lowest BCUT2D eigenvalue weighted by Crippen LogP contribution is -2.50. The quantitative estimate of drug-likeness (QED) is 0.398. The van der Waals surface area contributed by atoms with E-state index in [0.29, 0.717) is 23.6 Å². The van der Waals surface area contributed by atoms with Crippen molar-refractivity contribution in [2.45, 2.75) is 50.7 Å². The molecule has 7 heteroatoms. The highest BCUT2D eigenvalue weighted by molar-refractivity contribution is 5.95. The molecule has 1 unspecified atom stereocenters. The molecule has 0 amide bonds. The largest absolute Gasteiger partial charge is 0.478 e. The first-order chi connectivity index (χ1) is 17.0. The highest BCUT2D eigenvalue weighted by atomic mass is 16.4. The van der Waals surface area contributed by atoms with Crippen LogP contribution in [0.2, 0.25) is 0 Å². The molecule has 6 rings (SSSR count). The molecule has 0 bridgehead atoms. The van der Waals surface area contributed by atoms with E-state index in [1.807, 2.05) is 6.20 Å². The molecule has 3 aliphatic rings. The predicted molar refractivity (Wildman–Crippen MR) is 134 cm³/mol. The van der Waals surface area contributed by atoms with Gasteiger partial charge in [0.05, 0.1) is 23.1 Å². The lowest BCUT2D eigenvalue weighted by atomic mass is 9.88. The Morgan fingerprint density at radius 1 is 1.20 bits per heavy atom. The van der Waals surface area contributed by atoms with Crippen LogP contribution >= 0.6 is 0 Å². The van der Waals surface area contributed by atoms with E-state index in [0.717, 1.165) is 85.4 Å². The van der Waals surface area contributed by atoms with E-state index in [9.17, 15) is 15.0 Å². The highest BCUT2D eigenvalue weighted by Crippen LogP contribution is 2.44. The highest BCUT2D eigenvalue weighted by Gasteiger charge is 2.36. The molecule has 0 radical (unpaired) electrons. The number of carboxylic acids is 1. The minimum atomic E-state index is -0.896. The van der Waals surface area contributed by atoms with E-state index in [1.165, 1.54) is 5.56 Å². The smallest absolute Gasteiger partial charge is 0.337 e. The minimum Gasteiger partial charge on any atom is -0.478 e. The number of nitrogens with one attached hydrogen (secondary N) is 1. The van der Waals surface area contributed by atoms with E-state index in [1.54, 1.807) is 0 Å². The van der Waals surface area contributed by atoms with Gasteiger partial charge in [0.25, 0.3) is 0 Å². The first-order valence-corrected chi connectivity index (χ1v) is 12.7. The van der Waals surface area contributed by atoms with Crippen LogP contribution in [0.25, 0.3) is 22.5 Å².